The highest BCUT2D eigenvalue weighted by atomic mass is 15.0. The summed E-state index contributed by atoms with van der Waals surface area (Å²) in [5.74, 6) is 0. The van der Waals surface area contributed by atoms with E-state index in [4.69, 9.17) is 0 Å². The van der Waals surface area contributed by atoms with Gasteiger partial charge in [0.05, 0.1) is 0 Å². The first-order chi connectivity index (χ1) is 5.97. The minimum atomic E-state index is 0.451. The summed E-state index contributed by atoms with van der Waals surface area (Å²) >= 11 is 0. The molecule has 0 bridgehead atoms. The molecule has 2 heterocycles. The molecule has 1 atom stereocenters. The van der Waals surface area contributed by atoms with Crippen molar-refractivity contribution in [2.45, 2.75) is 18.9 Å². The van der Waals surface area contributed by atoms with Crippen molar-refractivity contribution in [3.8, 4) is 0 Å². The topological polar surface area (TPSA) is 15.4 Å². The number of allylic oxidation sites excluding steroid dienone is 2. The van der Waals surface area contributed by atoms with E-state index in [0.717, 1.165) is 13.0 Å². The summed E-state index contributed by atoms with van der Waals surface area (Å²) in [5.41, 5.74) is 0. The molecule has 2 aliphatic rings. The Bertz CT molecular complexity index is 272. The Morgan fingerprint density at radius 2 is 2.33 bits per heavy atom. The first-order valence-corrected chi connectivity index (χ1v) is 4.41. The van der Waals surface area contributed by atoms with Crippen LogP contribution in [0.4, 0.5) is 0 Å². The second kappa shape index (κ2) is 3.48. The molecule has 0 N–H and O–H groups in total. The molecule has 0 aromatic rings. The maximum absolute atomic E-state index is 4.23. The summed E-state index contributed by atoms with van der Waals surface area (Å²) in [5, 5.41) is 0. The van der Waals surface area contributed by atoms with Crippen molar-refractivity contribution in [3.05, 3.63) is 24.4 Å². The van der Waals surface area contributed by atoms with Gasteiger partial charge in [0.25, 0.3) is 0 Å². The molecule has 2 rings (SSSR count). The summed E-state index contributed by atoms with van der Waals surface area (Å²) in [7, 11) is 0. The summed E-state index contributed by atoms with van der Waals surface area (Å²) < 4.78 is 2.25. The Balaban J connectivity index is 2.09. The molecule has 0 radical (unpaired) electrons. The van der Waals surface area contributed by atoms with Crippen molar-refractivity contribution in [1.29, 1.82) is 0 Å². The minimum Gasteiger partial charge on any atom is -0.286 e. The van der Waals surface area contributed by atoms with E-state index < -0.39 is 0 Å². The van der Waals surface area contributed by atoms with Crippen LogP contribution in [0.25, 0.3) is 0 Å². The van der Waals surface area contributed by atoms with Crippen LogP contribution in [-0.2, 0) is 0 Å². The van der Waals surface area contributed by atoms with Gasteiger partial charge in [0.1, 0.15) is 12.8 Å². The van der Waals surface area contributed by atoms with E-state index in [2.05, 4.69) is 34.1 Å². The molecule has 0 amide bonds. The molecule has 2 heteroatoms. The zero-order chi connectivity index (χ0) is 8.23. The average Bonchev–Trinajstić information content (AvgIpc) is 2.21. The number of aliphatic imine (C=N–C) groups is 1. The molecular weight excluding hydrogens is 148 g/mol. The monoisotopic (exact) mass is 161 g/mol. The Hall–Kier alpha value is -1.18. The quantitative estimate of drug-likeness (QED) is 0.516. The van der Waals surface area contributed by atoms with E-state index >= 15 is 0 Å². The molecule has 62 valence electrons. The maximum Gasteiger partial charge on any atom is 0.196 e. The molecule has 0 saturated heterocycles. The molecule has 0 aromatic carbocycles. The van der Waals surface area contributed by atoms with Crippen LogP contribution in [0.1, 0.15) is 12.8 Å². The van der Waals surface area contributed by atoms with E-state index in [1.54, 1.807) is 0 Å². The van der Waals surface area contributed by atoms with Crippen LogP contribution >= 0.6 is 0 Å². The fraction of sp³-hybridized carbons (Fsp3) is 0.400. The number of hydrogen-bond acceptors (Lipinski definition) is 1. The van der Waals surface area contributed by atoms with E-state index in [1.807, 2.05) is 12.3 Å². The normalized spacial score (nSPS) is 27.3. The zero-order valence-corrected chi connectivity index (χ0v) is 7.06. The Labute approximate surface area is 72.6 Å². The van der Waals surface area contributed by atoms with E-state index in [-0.39, 0.29) is 0 Å². The van der Waals surface area contributed by atoms with Crippen molar-refractivity contribution >= 4 is 12.4 Å². The van der Waals surface area contributed by atoms with Crippen LogP contribution in [0.2, 0.25) is 0 Å². The molecule has 0 spiro atoms. The third-order valence-electron chi connectivity index (χ3n) is 2.15. The van der Waals surface area contributed by atoms with Gasteiger partial charge >= 0.3 is 0 Å². The lowest BCUT2D eigenvalue weighted by molar-refractivity contribution is -0.482. The molecule has 0 fully saturated rings. The zero-order valence-electron chi connectivity index (χ0n) is 7.06. The largest absolute Gasteiger partial charge is 0.286 e. The second-order valence-electron chi connectivity index (χ2n) is 3.06. The van der Waals surface area contributed by atoms with Gasteiger partial charge in [-0.15, -0.1) is 0 Å². The third kappa shape index (κ3) is 1.52. The van der Waals surface area contributed by atoms with Crippen LogP contribution in [0, 0.1) is 0 Å². The van der Waals surface area contributed by atoms with Gasteiger partial charge in [-0.2, -0.15) is 0 Å². The lowest BCUT2D eigenvalue weighted by Crippen LogP contribution is -2.26. The van der Waals surface area contributed by atoms with Crippen molar-refractivity contribution in [3.63, 3.8) is 0 Å². The third-order valence-corrected chi connectivity index (χ3v) is 2.15. The van der Waals surface area contributed by atoms with Crippen molar-refractivity contribution in [2.24, 2.45) is 4.99 Å². The molecule has 12 heavy (non-hydrogen) atoms. The van der Waals surface area contributed by atoms with Gasteiger partial charge in [-0.05, 0) is 24.6 Å². The van der Waals surface area contributed by atoms with Gasteiger partial charge in [-0.1, -0.05) is 0 Å². The Kier molecular flexibility index (Phi) is 2.16. The minimum absolute atomic E-state index is 0.451. The Morgan fingerprint density at radius 3 is 3.00 bits per heavy atom. The highest BCUT2D eigenvalue weighted by Crippen LogP contribution is 2.04. The Morgan fingerprint density at radius 1 is 1.33 bits per heavy atom. The smallest absolute Gasteiger partial charge is 0.196 e. The van der Waals surface area contributed by atoms with Gasteiger partial charge < -0.3 is 0 Å². The average molecular weight is 161 g/mol. The van der Waals surface area contributed by atoms with Crippen molar-refractivity contribution < 1.29 is 4.58 Å². The predicted molar refractivity (Wildman–Crippen MR) is 51.0 cm³/mol. The summed E-state index contributed by atoms with van der Waals surface area (Å²) in [6, 6.07) is 0.451. The van der Waals surface area contributed by atoms with Gasteiger partial charge in [0, 0.05) is 12.6 Å². The molecule has 2 nitrogen and oxygen atoms in total. The fourth-order valence-electron chi connectivity index (χ4n) is 1.49. The number of rotatable bonds is 1. The van der Waals surface area contributed by atoms with Crippen molar-refractivity contribution in [1.82, 2.24) is 0 Å². The molecule has 0 aliphatic carbocycles. The molecule has 0 saturated carbocycles. The van der Waals surface area contributed by atoms with E-state index in [9.17, 15) is 0 Å². The summed E-state index contributed by atoms with van der Waals surface area (Å²) in [6.07, 6.45) is 15.0. The van der Waals surface area contributed by atoms with Gasteiger partial charge in [0.2, 0.25) is 0 Å². The highest BCUT2D eigenvalue weighted by molar-refractivity contribution is 5.72. The maximum atomic E-state index is 4.23. The fourth-order valence-corrected chi connectivity index (χ4v) is 1.49. The van der Waals surface area contributed by atoms with Crippen LogP contribution in [0.3, 0.4) is 0 Å². The van der Waals surface area contributed by atoms with E-state index in [1.165, 1.54) is 6.42 Å². The van der Waals surface area contributed by atoms with Gasteiger partial charge in [0.15, 0.2) is 12.2 Å². The lowest BCUT2D eigenvalue weighted by Gasteiger charge is -2.10. The van der Waals surface area contributed by atoms with Gasteiger partial charge in [-0.3, -0.25) is 4.99 Å². The molecule has 1 unspecified atom stereocenters. The standard InChI is InChI=1S/C10H13N2/c1-2-7-12(8-3-1)10-5-4-6-11-9-10/h2,4-8,10H,1,3,9H2/q+1. The number of nitrogens with zero attached hydrogens (tertiary/aromatic N) is 2. The van der Waals surface area contributed by atoms with Crippen LogP contribution in [0.15, 0.2) is 29.4 Å². The molecular formula is C10H13N2+. The predicted octanol–water partition coefficient (Wildman–Crippen LogP) is 1.39. The van der Waals surface area contributed by atoms with Crippen LogP contribution in [-0.4, -0.2) is 29.6 Å². The van der Waals surface area contributed by atoms with Crippen LogP contribution in [0.5, 0.6) is 0 Å². The first-order valence-electron chi connectivity index (χ1n) is 4.41. The SMILES string of the molecule is C1=CC([N+]2=CCCC=C2)CN=C1. The van der Waals surface area contributed by atoms with Gasteiger partial charge in [-0.25, -0.2) is 4.58 Å². The lowest BCUT2D eigenvalue weighted by atomic mass is 10.2. The number of hydrogen-bond donors (Lipinski definition) is 0. The summed E-state index contributed by atoms with van der Waals surface area (Å²) in [4.78, 5) is 4.23. The molecule has 0 aromatic heterocycles. The van der Waals surface area contributed by atoms with E-state index in [0.29, 0.717) is 6.04 Å². The first kappa shape index (κ1) is 7.47. The number of dihydropyridines is 1. The summed E-state index contributed by atoms with van der Waals surface area (Å²) in [6.45, 7) is 0.886. The second-order valence-corrected chi connectivity index (χ2v) is 3.06. The molecule has 2 aliphatic heterocycles. The highest BCUT2D eigenvalue weighted by Gasteiger charge is 2.17. The van der Waals surface area contributed by atoms with Crippen LogP contribution < -0.4 is 0 Å². The van der Waals surface area contributed by atoms with Crippen molar-refractivity contribution in [2.75, 3.05) is 6.54 Å².